The van der Waals surface area contributed by atoms with Crippen molar-refractivity contribution in [3.63, 3.8) is 0 Å². The molecule has 2 aromatic heterocycles. The standard InChI is InChI=1S/C16H18FN3O2/c1-3-11(2)22-15-9-12(6-8-19-15)16(21)20-10-14-13(17)5-4-7-18-14/h4-9,11H,3,10H2,1-2H3,(H,20,21)/t11-/m1/s1. The second-order valence-electron chi connectivity index (χ2n) is 4.83. The molecule has 0 saturated heterocycles. The first-order chi connectivity index (χ1) is 10.6. The molecule has 0 aliphatic heterocycles. The lowest BCUT2D eigenvalue weighted by Gasteiger charge is -2.12. The average molecular weight is 303 g/mol. The fourth-order valence-electron chi connectivity index (χ4n) is 1.72. The smallest absolute Gasteiger partial charge is 0.251 e. The van der Waals surface area contributed by atoms with E-state index in [1.54, 1.807) is 12.1 Å². The van der Waals surface area contributed by atoms with Gasteiger partial charge < -0.3 is 10.1 Å². The van der Waals surface area contributed by atoms with Crippen LogP contribution < -0.4 is 10.1 Å². The predicted molar refractivity (Wildman–Crippen MR) is 80.0 cm³/mol. The Morgan fingerprint density at radius 1 is 1.36 bits per heavy atom. The van der Waals surface area contributed by atoms with Gasteiger partial charge in [-0.15, -0.1) is 0 Å². The summed E-state index contributed by atoms with van der Waals surface area (Å²) in [6, 6.07) is 5.95. The van der Waals surface area contributed by atoms with Gasteiger partial charge in [0, 0.05) is 24.0 Å². The summed E-state index contributed by atoms with van der Waals surface area (Å²) in [6.07, 6.45) is 3.86. The molecule has 2 heterocycles. The molecular weight excluding hydrogens is 285 g/mol. The molecule has 0 spiro atoms. The van der Waals surface area contributed by atoms with Crippen LogP contribution in [-0.4, -0.2) is 22.0 Å². The van der Waals surface area contributed by atoms with E-state index in [4.69, 9.17) is 4.74 Å². The molecular formula is C16H18FN3O2. The molecule has 0 fully saturated rings. The molecule has 1 atom stereocenters. The van der Waals surface area contributed by atoms with Gasteiger partial charge in [-0.3, -0.25) is 9.78 Å². The van der Waals surface area contributed by atoms with Gasteiger partial charge in [0.05, 0.1) is 18.3 Å². The van der Waals surface area contributed by atoms with Crippen LogP contribution >= 0.6 is 0 Å². The van der Waals surface area contributed by atoms with Gasteiger partial charge in [0.1, 0.15) is 5.82 Å². The Labute approximate surface area is 128 Å². The summed E-state index contributed by atoms with van der Waals surface area (Å²) in [5, 5.41) is 2.63. The highest BCUT2D eigenvalue weighted by molar-refractivity contribution is 5.94. The van der Waals surface area contributed by atoms with E-state index >= 15 is 0 Å². The second kappa shape index (κ2) is 7.49. The third kappa shape index (κ3) is 4.25. The molecule has 2 rings (SSSR count). The highest BCUT2D eigenvalue weighted by atomic mass is 19.1. The lowest BCUT2D eigenvalue weighted by atomic mass is 10.2. The monoisotopic (exact) mass is 303 g/mol. The molecule has 2 aromatic rings. The van der Waals surface area contributed by atoms with E-state index in [2.05, 4.69) is 15.3 Å². The zero-order valence-corrected chi connectivity index (χ0v) is 12.5. The van der Waals surface area contributed by atoms with Crippen LogP contribution in [0.25, 0.3) is 0 Å². The van der Waals surface area contributed by atoms with Crippen LogP contribution in [-0.2, 0) is 6.54 Å². The minimum Gasteiger partial charge on any atom is -0.475 e. The van der Waals surface area contributed by atoms with Crippen molar-refractivity contribution in [3.8, 4) is 5.88 Å². The summed E-state index contributed by atoms with van der Waals surface area (Å²) in [5.74, 6) is -0.384. The maximum atomic E-state index is 13.4. The van der Waals surface area contributed by atoms with Gasteiger partial charge in [-0.1, -0.05) is 6.92 Å². The Morgan fingerprint density at radius 3 is 2.91 bits per heavy atom. The summed E-state index contributed by atoms with van der Waals surface area (Å²) < 4.78 is 19.0. The maximum Gasteiger partial charge on any atom is 0.251 e. The second-order valence-corrected chi connectivity index (χ2v) is 4.83. The van der Waals surface area contributed by atoms with Crippen LogP contribution in [0.2, 0.25) is 0 Å². The Hall–Kier alpha value is -2.50. The number of hydrogen-bond donors (Lipinski definition) is 1. The molecule has 0 aliphatic rings. The van der Waals surface area contributed by atoms with Crippen LogP contribution in [0.1, 0.15) is 36.3 Å². The third-order valence-corrected chi connectivity index (χ3v) is 3.14. The normalized spacial score (nSPS) is 11.8. The van der Waals surface area contributed by atoms with Crippen LogP contribution in [0, 0.1) is 5.82 Å². The number of rotatable bonds is 6. The number of ether oxygens (including phenoxy) is 1. The highest BCUT2D eigenvalue weighted by Crippen LogP contribution is 2.12. The molecule has 6 heteroatoms. The number of carbonyl (C=O) groups is 1. The van der Waals surface area contributed by atoms with Gasteiger partial charge >= 0.3 is 0 Å². The van der Waals surface area contributed by atoms with Gasteiger partial charge in [0.15, 0.2) is 0 Å². The number of halogens is 1. The largest absolute Gasteiger partial charge is 0.475 e. The van der Waals surface area contributed by atoms with E-state index < -0.39 is 5.82 Å². The quantitative estimate of drug-likeness (QED) is 0.891. The fourth-order valence-corrected chi connectivity index (χ4v) is 1.72. The molecule has 1 N–H and O–H groups in total. The summed E-state index contributed by atoms with van der Waals surface area (Å²) in [6.45, 7) is 3.95. The lowest BCUT2D eigenvalue weighted by molar-refractivity contribution is 0.0949. The van der Waals surface area contributed by atoms with Crippen molar-refractivity contribution in [2.75, 3.05) is 0 Å². The molecule has 1 amide bonds. The highest BCUT2D eigenvalue weighted by Gasteiger charge is 2.10. The number of carbonyl (C=O) groups excluding carboxylic acids is 1. The minimum absolute atomic E-state index is 0.0217. The number of nitrogens with one attached hydrogen (secondary N) is 1. The molecule has 0 bridgehead atoms. The van der Waals surface area contributed by atoms with E-state index in [9.17, 15) is 9.18 Å². The van der Waals surface area contributed by atoms with E-state index in [0.29, 0.717) is 11.4 Å². The van der Waals surface area contributed by atoms with Crippen molar-refractivity contribution in [1.82, 2.24) is 15.3 Å². The van der Waals surface area contributed by atoms with E-state index in [-0.39, 0.29) is 24.2 Å². The van der Waals surface area contributed by atoms with Gasteiger partial charge in [-0.2, -0.15) is 0 Å². The maximum absolute atomic E-state index is 13.4. The minimum atomic E-state index is -0.446. The first-order valence-corrected chi connectivity index (χ1v) is 7.10. The molecule has 5 nitrogen and oxygen atoms in total. The van der Waals surface area contributed by atoms with Crippen LogP contribution in [0.5, 0.6) is 5.88 Å². The summed E-state index contributed by atoms with van der Waals surface area (Å²) >= 11 is 0. The summed E-state index contributed by atoms with van der Waals surface area (Å²) in [4.78, 5) is 20.0. The molecule has 0 radical (unpaired) electrons. The fraction of sp³-hybridized carbons (Fsp3) is 0.312. The molecule has 0 saturated carbocycles. The Morgan fingerprint density at radius 2 is 2.18 bits per heavy atom. The van der Waals surface area contributed by atoms with E-state index in [1.807, 2.05) is 13.8 Å². The topological polar surface area (TPSA) is 64.1 Å². The summed E-state index contributed by atoms with van der Waals surface area (Å²) in [7, 11) is 0. The molecule has 0 aromatic carbocycles. The van der Waals surface area contributed by atoms with Gasteiger partial charge in [-0.05, 0) is 31.5 Å². The SMILES string of the molecule is CC[C@@H](C)Oc1cc(C(=O)NCc2ncccc2F)ccn1. The Balaban J connectivity index is 2.00. The summed E-state index contributed by atoms with van der Waals surface area (Å²) in [5.41, 5.74) is 0.602. The molecule has 0 unspecified atom stereocenters. The van der Waals surface area contributed by atoms with Gasteiger partial charge in [0.2, 0.25) is 5.88 Å². The first-order valence-electron chi connectivity index (χ1n) is 7.10. The number of aromatic nitrogens is 2. The number of pyridine rings is 2. The molecule has 0 aliphatic carbocycles. The Kier molecular flexibility index (Phi) is 5.41. The van der Waals surface area contributed by atoms with Crippen molar-refractivity contribution in [2.24, 2.45) is 0 Å². The predicted octanol–water partition coefficient (Wildman–Crippen LogP) is 2.72. The average Bonchev–Trinajstić information content (AvgIpc) is 2.54. The van der Waals surface area contributed by atoms with Crippen molar-refractivity contribution >= 4 is 5.91 Å². The van der Waals surface area contributed by atoms with Crippen molar-refractivity contribution in [1.29, 1.82) is 0 Å². The third-order valence-electron chi connectivity index (χ3n) is 3.14. The number of hydrogen-bond acceptors (Lipinski definition) is 4. The number of nitrogens with zero attached hydrogens (tertiary/aromatic N) is 2. The van der Waals surface area contributed by atoms with Crippen molar-refractivity contribution in [2.45, 2.75) is 32.9 Å². The lowest BCUT2D eigenvalue weighted by Crippen LogP contribution is -2.24. The van der Waals surface area contributed by atoms with Crippen LogP contribution in [0.15, 0.2) is 36.7 Å². The first kappa shape index (κ1) is 15.9. The zero-order valence-electron chi connectivity index (χ0n) is 12.5. The van der Waals surface area contributed by atoms with E-state index in [1.165, 1.54) is 24.5 Å². The van der Waals surface area contributed by atoms with E-state index in [0.717, 1.165) is 6.42 Å². The van der Waals surface area contributed by atoms with Gasteiger partial charge in [-0.25, -0.2) is 9.37 Å². The van der Waals surface area contributed by atoms with Gasteiger partial charge in [0.25, 0.3) is 5.91 Å². The molecule has 22 heavy (non-hydrogen) atoms. The van der Waals surface area contributed by atoms with Crippen LogP contribution in [0.3, 0.4) is 0 Å². The van der Waals surface area contributed by atoms with Crippen molar-refractivity contribution < 1.29 is 13.9 Å². The number of amides is 1. The van der Waals surface area contributed by atoms with Crippen molar-refractivity contribution in [3.05, 3.63) is 53.7 Å². The Bertz CT molecular complexity index is 649. The zero-order chi connectivity index (χ0) is 15.9. The molecule has 116 valence electrons. The van der Waals surface area contributed by atoms with Crippen LogP contribution in [0.4, 0.5) is 4.39 Å².